The number of hydrogen-bond donors (Lipinski definition) is 0. The van der Waals surface area contributed by atoms with Gasteiger partial charge in [0.2, 0.25) is 11.9 Å². The van der Waals surface area contributed by atoms with E-state index in [4.69, 9.17) is 21.3 Å². The summed E-state index contributed by atoms with van der Waals surface area (Å²) in [5.74, 6) is -0.630. The molecule has 2 saturated heterocycles. The predicted molar refractivity (Wildman–Crippen MR) is 123 cm³/mol. The van der Waals surface area contributed by atoms with Crippen LogP contribution in [0.15, 0.2) is 30.5 Å². The van der Waals surface area contributed by atoms with Crippen LogP contribution in [0.2, 0.25) is 5.02 Å². The summed E-state index contributed by atoms with van der Waals surface area (Å²) in [6, 6.07) is 7.52. The Hall–Kier alpha value is -3.04. The van der Waals surface area contributed by atoms with Gasteiger partial charge in [0.25, 0.3) is 11.8 Å². The third kappa shape index (κ3) is 5.15. The van der Waals surface area contributed by atoms with Gasteiger partial charge in [-0.05, 0) is 30.5 Å². The maximum absolute atomic E-state index is 13.0. The molecule has 3 amide bonds. The molecule has 0 N–H and O–H groups in total. The first-order chi connectivity index (χ1) is 15.8. The van der Waals surface area contributed by atoms with Crippen molar-refractivity contribution in [3.63, 3.8) is 0 Å². The lowest BCUT2D eigenvalue weighted by Gasteiger charge is -2.35. The maximum Gasteiger partial charge on any atom is 0.255 e. The minimum atomic E-state index is -0.482. The van der Waals surface area contributed by atoms with E-state index >= 15 is 0 Å². The van der Waals surface area contributed by atoms with Crippen LogP contribution in [0.1, 0.15) is 24.5 Å². The fourth-order valence-electron chi connectivity index (χ4n) is 4.12. The third-order valence-corrected chi connectivity index (χ3v) is 6.12. The second-order valence-corrected chi connectivity index (χ2v) is 8.85. The number of carbonyl (C=O) groups is 3. The monoisotopic (exact) mass is 471 g/mol. The van der Waals surface area contributed by atoms with Crippen molar-refractivity contribution in [2.45, 2.75) is 18.8 Å². The quantitative estimate of drug-likeness (QED) is 0.615. The Labute approximate surface area is 197 Å². The van der Waals surface area contributed by atoms with Crippen LogP contribution in [-0.2, 0) is 19.1 Å². The van der Waals surface area contributed by atoms with Crippen molar-refractivity contribution in [2.24, 2.45) is 0 Å². The molecule has 9 nitrogen and oxygen atoms in total. The number of ether oxygens (including phenoxy) is 1. The van der Waals surface area contributed by atoms with Gasteiger partial charge in [0.05, 0.1) is 5.69 Å². The van der Waals surface area contributed by atoms with Crippen molar-refractivity contribution in [3.05, 3.63) is 41.2 Å². The van der Waals surface area contributed by atoms with Crippen LogP contribution in [0.4, 0.5) is 5.95 Å². The molecule has 2 aromatic rings. The van der Waals surface area contributed by atoms with Crippen LogP contribution in [0.25, 0.3) is 11.1 Å². The molecule has 1 aromatic carbocycles. The molecule has 2 aliphatic rings. The lowest BCUT2D eigenvalue weighted by atomic mass is 9.90. The topological polar surface area (TPSA) is 95.9 Å². The average molecular weight is 472 g/mol. The number of hydrogen-bond acceptors (Lipinski definition) is 7. The number of amides is 3. The van der Waals surface area contributed by atoms with Crippen molar-refractivity contribution in [1.82, 2.24) is 19.8 Å². The van der Waals surface area contributed by atoms with Gasteiger partial charge in [-0.15, -0.1) is 0 Å². The van der Waals surface area contributed by atoms with E-state index in [-0.39, 0.29) is 31.6 Å². The number of likely N-dealkylation sites (tertiary alicyclic amines) is 1. The first-order valence-corrected chi connectivity index (χ1v) is 11.2. The van der Waals surface area contributed by atoms with E-state index in [9.17, 15) is 14.4 Å². The smallest absolute Gasteiger partial charge is 0.255 e. The highest BCUT2D eigenvalue weighted by Crippen LogP contribution is 2.34. The van der Waals surface area contributed by atoms with Crippen molar-refractivity contribution in [2.75, 3.05) is 51.8 Å². The van der Waals surface area contributed by atoms with Crippen molar-refractivity contribution in [3.8, 4) is 11.1 Å². The third-order valence-electron chi connectivity index (χ3n) is 5.87. The molecule has 1 unspecified atom stereocenters. The molecule has 0 spiro atoms. The summed E-state index contributed by atoms with van der Waals surface area (Å²) in [7, 11) is 3.77. The number of piperidine rings is 1. The van der Waals surface area contributed by atoms with Crippen LogP contribution < -0.4 is 4.90 Å². The number of carbonyl (C=O) groups excluding carboxylic acids is 3. The highest BCUT2D eigenvalue weighted by molar-refractivity contribution is 6.30. The van der Waals surface area contributed by atoms with Gasteiger partial charge in [-0.3, -0.25) is 19.3 Å². The lowest BCUT2D eigenvalue weighted by Crippen LogP contribution is -2.52. The van der Waals surface area contributed by atoms with E-state index in [2.05, 4.69) is 4.98 Å². The molecule has 2 fully saturated rings. The number of aromatic nitrogens is 2. The summed E-state index contributed by atoms with van der Waals surface area (Å²) in [5, 5.41) is 0.646. The molecule has 1 atom stereocenters. The van der Waals surface area contributed by atoms with Gasteiger partial charge in [0.1, 0.15) is 19.8 Å². The molecule has 3 heterocycles. The summed E-state index contributed by atoms with van der Waals surface area (Å²) in [6.07, 6.45) is 3.47. The van der Waals surface area contributed by atoms with Crippen LogP contribution in [0.3, 0.4) is 0 Å². The Bertz CT molecular complexity index is 1040. The molecule has 0 aliphatic carbocycles. The predicted octanol–water partition coefficient (Wildman–Crippen LogP) is 1.95. The fourth-order valence-corrected chi connectivity index (χ4v) is 4.25. The van der Waals surface area contributed by atoms with Crippen molar-refractivity contribution >= 4 is 35.3 Å². The largest absolute Gasteiger partial charge is 0.362 e. The second kappa shape index (κ2) is 9.84. The maximum atomic E-state index is 13.0. The zero-order valence-corrected chi connectivity index (χ0v) is 19.4. The van der Waals surface area contributed by atoms with E-state index in [1.807, 2.05) is 49.5 Å². The highest BCUT2D eigenvalue weighted by Gasteiger charge is 2.33. The number of rotatable bonds is 5. The van der Waals surface area contributed by atoms with Crippen LogP contribution >= 0.6 is 11.6 Å². The summed E-state index contributed by atoms with van der Waals surface area (Å²) >= 11 is 6.07. The van der Waals surface area contributed by atoms with E-state index in [1.54, 1.807) is 4.90 Å². The van der Waals surface area contributed by atoms with Gasteiger partial charge in [0.15, 0.2) is 0 Å². The van der Waals surface area contributed by atoms with E-state index in [0.717, 1.165) is 34.6 Å². The molecule has 1 aromatic heterocycles. The summed E-state index contributed by atoms with van der Waals surface area (Å²) in [5.41, 5.74) is 2.72. The zero-order chi connectivity index (χ0) is 23.5. The Kier molecular flexibility index (Phi) is 6.90. The number of halogens is 1. The van der Waals surface area contributed by atoms with Crippen LogP contribution in [0.5, 0.6) is 0 Å². The Morgan fingerprint density at radius 1 is 1.18 bits per heavy atom. The molecular weight excluding hydrogens is 446 g/mol. The van der Waals surface area contributed by atoms with E-state index < -0.39 is 11.8 Å². The lowest BCUT2D eigenvalue weighted by molar-refractivity contribution is -0.161. The molecule has 10 heteroatoms. The van der Waals surface area contributed by atoms with Crippen LogP contribution in [0, 0.1) is 0 Å². The molecule has 33 heavy (non-hydrogen) atoms. The fraction of sp³-hybridized carbons (Fsp3) is 0.435. The standard InChI is InChI=1S/C23H26ClN5O4/c1-27(2)23-25-10-18(15-5-7-17(24)8-6-15)22(26-23)16-4-3-9-28(11-16)19(30)12-29-20(31)13-33-14-21(29)32/h5-8,10,16H,3-4,9,11-14H2,1-2H3. The number of nitrogens with zero attached hydrogens (tertiary/aromatic N) is 5. The number of morpholine rings is 1. The van der Waals surface area contributed by atoms with Gasteiger partial charge in [-0.1, -0.05) is 23.7 Å². The van der Waals surface area contributed by atoms with Gasteiger partial charge >= 0.3 is 0 Å². The normalized spacial score (nSPS) is 19.1. The van der Waals surface area contributed by atoms with Crippen molar-refractivity contribution < 1.29 is 19.1 Å². The SMILES string of the molecule is CN(C)c1ncc(-c2ccc(Cl)cc2)c(C2CCCN(C(=O)CN3C(=O)COCC3=O)C2)n1. The zero-order valence-electron chi connectivity index (χ0n) is 18.7. The first-order valence-electron chi connectivity index (χ1n) is 10.8. The van der Waals surface area contributed by atoms with Gasteiger partial charge in [-0.2, -0.15) is 0 Å². The highest BCUT2D eigenvalue weighted by atomic mass is 35.5. The molecule has 0 bridgehead atoms. The first kappa shape index (κ1) is 23.1. The summed E-state index contributed by atoms with van der Waals surface area (Å²) in [6.45, 7) is 0.408. The Morgan fingerprint density at radius 2 is 1.88 bits per heavy atom. The van der Waals surface area contributed by atoms with Crippen molar-refractivity contribution in [1.29, 1.82) is 0 Å². The Morgan fingerprint density at radius 3 is 2.55 bits per heavy atom. The molecule has 174 valence electrons. The molecular formula is C23H26ClN5O4. The molecule has 0 radical (unpaired) electrons. The Balaban J connectivity index is 1.58. The number of anilines is 1. The van der Waals surface area contributed by atoms with E-state index in [0.29, 0.717) is 24.1 Å². The summed E-state index contributed by atoms with van der Waals surface area (Å²) < 4.78 is 4.93. The average Bonchev–Trinajstić information content (AvgIpc) is 2.81. The minimum Gasteiger partial charge on any atom is -0.362 e. The second-order valence-electron chi connectivity index (χ2n) is 8.42. The molecule has 2 aliphatic heterocycles. The minimum absolute atomic E-state index is 0.00818. The van der Waals surface area contributed by atoms with Gasteiger partial charge in [0, 0.05) is 49.9 Å². The number of benzene rings is 1. The van der Waals surface area contributed by atoms with E-state index in [1.165, 1.54) is 0 Å². The van der Waals surface area contributed by atoms with Crippen LogP contribution in [-0.4, -0.2) is 84.4 Å². The molecule has 0 saturated carbocycles. The van der Waals surface area contributed by atoms with Gasteiger partial charge in [-0.25, -0.2) is 9.97 Å². The van der Waals surface area contributed by atoms with Gasteiger partial charge < -0.3 is 14.5 Å². The molecule has 4 rings (SSSR count). The summed E-state index contributed by atoms with van der Waals surface area (Å²) in [4.78, 5) is 50.9. The number of imide groups is 1.